The van der Waals surface area contributed by atoms with Crippen molar-refractivity contribution in [1.29, 1.82) is 0 Å². The normalized spacial score (nSPS) is 10.8. The summed E-state index contributed by atoms with van der Waals surface area (Å²) in [6.07, 6.45) is 0. The average Bonchev–Trinajstić information content (AvgIpc) is 2.30. The first-order valence-electron chi connectivity index (χ1n) is 5.21. The van der Waals surface area contributed by atoms with Gasteiger partial charge in [0.1, 0.15) is 5.54 Å². The number of primary amides is 1. The van der Waals surface area contributed by atoms with Crippen LogP contribution in [0, 0.1) is 0 Å². The summed E-state index contributed by atoms with van der Waals surface area (Å²) < 4.78 is 4.55. The molecule has 1 amide bonds. The molecular formula is C11H16N4O3. The van der Waals surface area contributed by atoms with Gasteiger partial charge < -0.3 is 21.5 Å². The van der Waals surface area contributed by atoms with Gasteiger partial charge in [0, 0.05) is 0 Å². The van der Waals surface area contributed by atoms with E-state index in [0.717, 1.165) is 0 Å². The number of esters is 1. The molecule has 0 spiro atoms. The fourth-order valence-corrected chi connectivity index (χ4v) is 1.15. The van der Waals surface area contributed by atoms with E-state index in [1.54, 1.807) is 13.8 Å². The molecule has 5 N–H and O–H groups in total. The Hall–Kier alpha value is -2.31. The minimum absolute atomic E-state index is 0.0921. The van der Waals surface area contributed by atoms with Crippen LogP contribution in [-0.4, -0.2) is 29.5 Å². The van der Waals surface area contributed by atoms with E-state index in [1.165, 1.54) is 19.2 Å². The van der Waals surface area contributed by atoms with Gasteiger partial charge in [0.15, 0.2) is 11.5 Å². The maximum atomic E-state index is 11.3. The fourth-order valence-electron chi connectivity index (χ4n) is 1.15. The average molecular weight is 252 g/mol. The van der Waals surface area contributed by atoms with Gasteiger partial charge in [-0.05, 0) is 26.0 Å². The van der Waals surface area contributed by atoms with Crippen LogP contribution in [0.4, 0.5) is 11.5 Å². The molecule has 0 aliphatic rings. The minimum atomic E-state index is -1.03. The third kappa shape index (κ3) is 2.88. The number of rotatable bonds is 4. The van der Waals surface area contributed by atoms with Crippen molar-refractivity contribution in [2.45, 2.75) is 19.4 Å². The number of ether oxygens (including phenoxy) is 1. The zero-order chi connectivity index (χ0) is 13.9. The Balaban J connectivity index is 3.09. The van der Waals surface area contributed by atoms with Crippen LogP contribution in [0.5, 0.6) is 0 Å². The smallest absolute Gasteiger partial charge is 0.356 e. The molecule has 0 unspecified atom stereocenters. The van der Waals surface area contributed by atoms with Crippen LogP contribution in [0.25, 0.3) is 0 Å². The summed E-state index contributed by atoms with van der Waals surface area (Å²) in [6, 6.07) is 2.93. The van der Waals surface area contributed by atoms with Gasteiger partial charge in [-0.15, -0.1) is 0 Å². The predicted octanol–water partition coefficient (Wildman–Crippen LogP) is 0.126. The molecule has 1 heterocycles. The van der Waals surface area contributed by atoms with Crippen LogP contribution in [0.1, 0.15) is 24.3 Å². The lowest BCUT2D eigenvalue weighted by molar-refractivity contribution is -0.121. The molecule has 0 atom stereocenters. The van der Waals surface area contributed by atoms with Crippen molar-refractivity contribution < 1.29 is 14.3 Å². The number of aromatic nitrogens is 1. The Morgan fingerprint density at radius 1 is 1.39 bits per heavy atom. The summed E-state index contributed by atoms with van der Waals surface area (Å²) in [6.45, 7) is 3.17. The van der Waals surface area contributed by atoms with Gasteiger partial charge in [0.05, 0.1) is 12.8 Å². The molecule has 0 aromatic carbocycles. The zero-order valence-electron chi connectivity index (χ0n) is 10.5. The second-order valence-corrected chi connectivity index (χ2v) is 4.24. The monoisotopic (exact) mass is 252 g/mol. The second kappa shape index (κ2) is 4.91. The van der Waals surface area contributed by atoms with Gasteiger partial charge in [0.2, 0.25) is 5.91 Å². The highest BCUT2D eigenvalue weighted by molar-refractivity contribution is 5.90. The van der Waals surface area contributed by atoms with Gasteiger partial charge >= 0.3 is 5.97 Å². The van der Waals surface area contributed by atoms with Crippen molar-refractivity contribution in [3.05, 3.63) is 17.8 Å². The van der Waals surface area contributed by atoms with E-state index in [0.29, 0.717) is 5.69 Å². The molecule has 0 bridgehead atoms. The van der Waals surface area contributed by atoms with Crippen LogP contribution in [-0.2, 0) is 9.53 Å². The number of nitrogen functional groups attached to an aromatic ring is 1. The van der Waals surface area contributed by atoms with Gasteiger partial charge in [0.25, 0.3) is 0 Å². The highest BCUT2D eigenvalue weighted by Gasteiger charge is 2.26. The molecule has 0 aliphatic carbocycles. The van der Waals surface area contributed by atoms with E-state index in [1.807, 2.05) is 0 Å². The standard InChI is InChI=1S/C11H16N4O3/c1-11(2,10(13)17)15-8-6(12)4-5-7(14-8)9(16)18-3/h4-5H,12H2,1-3H3,(H2,13,17)(H,14,15). The molecule has 1 aromatic heterocycles. The summed E-state index contributed by atoms with van der Waals surface area (Å²) in [7, 11) is 1.25. The molecule has 0 fully saturated rings. The molecule has 0 saturated carbocycles. The van der Waals surface area contributed by atoms with Crippen LogP contribution >= 0.6 is 0 Å². The van der Waals surface area contributed by atoms with E-state index in [-0.39, 0.29) is 11.5 Å². The van der Waals surface area contributed by atoms with Crippen molar-refractivity contribution in [3.63, 3.8) is 0 Å². The summed E-state index contributed by atoms with van der Waals surface area (Å²) >= 11 is 0. The molecule has 18 heavy (non-hydrogen) atoms. The Morgan fingerprint density at radius 3 is 2.50 bits per heavy atom. The van der Waals surface area contributed by atoms with Crippen molar-refractivity contribution in [3.8, 4) is 0 Å². The van der Waals surface area contributed by atoms with E-state index in [4.69, 9.17) is 11.5 Å². The quantitative estimate of drug-likeness (QED) is 0.655. The molecule has 0 saturated heterocycles. The molecule has 98 valence electrons. The van der Waals surface area contributed by atoms with E-state index >= 15 is 0 Å². The number of anilines is 2. The first-order chi connectivity index (χ1) is 8.27. The Bertz CT molecular complexity index is 485. The second-order valence-electron chi connectivity index (χ2n) is 4.24. The number of methoxy groups -OCH3 is 1. The lowest BCUT2D eigenvalue weighted by Crippen LogP contribution is -2.45. The van der Waals surface area contributed by atoms with Crippen LogP contribution in [0.3, 0.4) is 0 Å². The number of nitrogens with zero attached hydrogens (tertiary/aromatic N) is 1. The minimum Gasteiger partial charge on any atom is -0.464 e. The van der Waals surface area contributed by atoms with Gasteiger partial charge in [-0.25, -0.2) is 9.78 Å². The van der Waals surface area contributed by atoms with Crippen LogP contribution in [0.15, 0.2) is 12.1 Å². The number of hydrogen-bond acceptors (Lipinski definition) is 6. The Morgan fingerprint density at radius 2 is 2.00 bits per heavy atom. The number of carbonyl (C=O) groups excluding carboxylic acids is 2. The van der Waals surface area contributed by atoms with Gasteiger partial charge in [-0.1, -0.05) is 0 Å². The molecule has 1 aromatic rings. The Kier molecular flexibility index (Phi) is 3.75. The maximum Gasteiger partial charge on any atom is 0.356 e. The molecule has 0 aliphatic heterocycles. The summed E-state index contributed by atoms with van der Waals surface area (Å²) in [5.41, 5.74) is 10.3. The third-order valence-corrected chi connectivity index (χ3v) is 2.37. The largest absolute Gasteiger partial charge is 0.464 e. The number of pyridine rings is 1. The number of nitrogens with one attached hydrogen (secondary N) is 1. The summed E-state index contributed by atoms with van der Waals surface area (Å²) in [5, 5.41) is 2.79. The highest BCUT2D eigenvalue weighted by Crippen LogP contribution is 2.20. The molecule has 7 nitrogen and oxygen atoms in total. The molecule has 1 rings (SSSR count). The third-order valence-electron chi connectivity index (χ3n) is 2.37. The van der Waals surface area contributed by atoms with Crippen LogP contribution < -0.4 is 16.8 Å². The topological polar surface area (TPSA) is 120 Å². The maximum absolute atomic E-state index is 11.3. The van der Waals surface area contributed by atoms with E-state index in [9.17, 15) is 9.59 Å². The fraction of sp³-hybridized carbons (Fsp3) is 0.364. The van der Waals surface area contributed by atoms with Gasteiger partial charge in [-0.2, -0.15) is 0 Å². The number of nitrogens with two attached hydrogens (primary N) is 2. The van der Waals surface area contributed by atoms with E-state index < -0.39 is 17.4 Å². The first kappa shape index (κ1) is 13.8. The summed E-state index contributed by atoms with van der Waals surface area (Å²) in [4.78, 5) is 26.5. The SMILES string of the molecule is COC(=O)c1ccc(N)c(NC(C)(C)C(N)=O)n1. The van der Waals surface area contributed by atoms with Crippen molar-refractivity contribution in [2.75, 3.05) is 18.2 Å². The lowest BCUT2D eigenvalue weighted by Gasteiger charge is -2.23. The molecule has 0 radical (unpaired) electrons. The van der Waals surface area contributed by atoms with Crippen molar-refractivity contribution in [1.82, 2.24) is 4.98 Å². The van der Waals surface area contributed by atoms with E-state index in [2.05, 4.69) is 15.0 Å². The highest BCUT2D eigenvalue weighted by atomic mass is 16.5. The first-order valence-corrected chi connectivity index (χ1v) is 5.21. The molecule has 7 heteroatoms. The van der Waals surface area contributed by atoms with Gasteiger partial charge in [-0.3, -0.25) is 4.79 Å². The Labute approximate surface area is 105 Å². The number of amides is 1. The lowest BCUT2D eigenvalue weighted by atomic mass is 10.1. The number of hydrogen-bond donors (Lipinski definition) is 3. The number of carbonyl (C=O) groups is 2. The zero-order valence-corrected chi connectivity index (χ0v) is 10.5. The van der Waals surface area contributed by atoms with Crippen molar-refractivity contribution >= 4 is 23.4 Å². The predicted molar refractivity (Wildman–Crippen MR) is 66.9 cm³/mol. The molecular weight excluding hydrogens is 236 g/mol. The summed E-state index contributed by atoms with van der Waals surface area (Å²) in [5.74, 6) is -0.941. The van der Waals surface area contributed by atoms with Crippen LogP contribution in [0.2, 0.25) is 0 Å². The van der Waals surface area contributed by atoms with Crippen molar-refractivity contribution in [2.24, 2.45) is 5.73 Å².